The number of aryl methyl sites for hydroxylation is 1. The predicted octanol–water partition coefficient (Wildman–Crippen LogP) is 4.39. The van der Waals surface area contributed by atoms with Crippen molar-refractivity contribution in [2.75, 3.05) is 29.9 Å². The second-order valence-corrected chi connectivity index (χ2v) is 6.12. The first kappa shape index (κ1) is 16.7. The number of halogens is 2. The van der Waals surface area contributed by atoms with Crippen LogP contribution in [0.1, 0.15) is 30.7 Å². The summed E-state index contributed by atoms with van der Waals surface area (Å²) >= 11 is 5.94. The molecule has 0 amide bonds. The van der Waals surface area contributed by atoms with Gasteiger partial charge in [-0.15, -0.1) is 0 Å². The Morgan fingerprint density at radius 2 is 2.08 bits per heavy atom. The Labute approximate surface area is 146 Å². The standard InChI is InChI=1S/C18H20ClFN4/c1-4-21-18-22-11(3)14-8-13(10-24(5-2)17(14)23-18)12-6-7-16(20)15(19)9-12/h6-9H,4-5,10H2,1-3H3,(H,21,22,23). The summed E-state index contributed by atoms with van der Waals surface area (Å²) in [6.45, 7) is 8.39. The lowest BCUT2D eigenvalue weighted by molar-refractivity contribution is 0.628. The third-order valence-electron chi connectivity index (χ3n) is 4.10. The molecule has 1 aromatic heterocycles. The van der Waals surface area contributed by atoms with Crippen LogP contribution in [0.25, 0.3) is 11.6 Å². The van der Waals surface area contributed by atoms with E-state index in [4.69, 9.17) is 11.6 Å². The first-order valence-electron chi connectivity index (χ1n) is 8.07. The fourth-order valence-corrected chi connectivity index (χ4v) is 3.03. The number of rotatable bonds is 4. The van der Waals surface area contributed by atoms with Crippen LogP contribution in [0.2, 0.25) is 5.02 Å². The molecule has 0 radical (unpaired) electrons. The Bertz CT molecular complexity index is 804. The van der Waals surface area contributed by atoms with Crippen molar-refractivity contribution in [3.63, 3.8) is 0 Å². The summed E-state index contributed by atoms with van der Waals surface area (Å²) in [6.07, 6.45) is 2.08. The van der Waals surface area contributed by atoms with E-state index in [2.05, 4.69) is 33.2 Å². The summed E-state index contributed by atoms with van der Waals surface area (Å²) in [5.41, 5.74) is 3.91. The molecule has 0 bridgehead atoms. The first-order chi connectivity index (χ1) is 11.5. The Morgan fingerprint density at radius 3 is 2.75 bits per heavy atom. The van der Waals surface area contributed by atoms with E-state index in [0.717, 1.165) is 41.3 Å². The fraction of sp³-hybridized carbons (Fsp3) is 0.333. The van der Waals surface area contributed by atoms with Crippen molar-refractivity contribution in [1.82, 2.24) is 9.97 Å². The van der Waals surface area contributed by atoms with Gasteiger partial charge in [0.15, 0.2) is 0 Å². The third-order valence-corrected chi connectivity index (χ3v) is 4.39. The number of anilines is 2. The van der Waals surface area contributed by atoms with E-state index in [1.807, 2.05) is 13.8 Å². The summed E-state index contributed by atoms with van der Waals surface area (Å²) in [5, 5.41) is 3.31. The molecule has 1 aliphatic heterocycles. The van der Waals surface area contributed by atoms with Crippen molar-refractivity contribution in [3.8, 4) is 0 Å². The van der Waals surface area contributed by atoms with Gasteiger partial charge in [0.05, 0.1) is 10.7 Å². The van der Waals surface area contributed by atoms with E-state index in [1.54, 1.807) is 12.1 Å². The van der Waals surface area contributed by atoms with Gasteiger partial charge in [0.2, 0.25) is 5.95 Å². The van der Waals surface area contributed by atoms with Crippen LogP contribution < -0.4 is 10.2 Å². The van der Waals surface area contributed by atoms with Crippen LogP contribution in [0.15, 0.2) is 18.2 Å². The molecule has 3 rings (SSSR count). The van der Waals surface area contributed by atoms with Crippen molar-refractivity contribution >= 4 is 35.0 Å². The van der Waals surface area contributed by atoms with Gasteiger partial charge in [-0.05, 0) is 50.1 Å². The zero-order valence-electron chi connectivity index (χ0n) is 14.0. The predicted molar refractivity (Wildman–Crippen MR) is 98.1 cm³/mol. The molecule has 0 atom stereocenters. The van der Waals surface area contributed by atoms with Crippen molar-refractivity contribution in [2.24, 2.45) is 0 Å². The molecule has 0 unspecified atom stereocenters. The molecule has 0 saturated carbocycles. The number of aromatic nitrogens is 2. The maximum atomic E-state index is 13.4. The van der Waals surface area contributed by atoms with Crippen molar-refractivity contribution in [1.29, 1.82) is 0 Å². The van der Waals surface area contributed by atoms with E-state index < -0.39 is 5.82 Å². The molecule has 2 heterocycles. The number of fused-ring (bicyclic) bond motifs is 1. The smallest absolute Gasteiger partial charge is 0.224 e. The Hall–Kier alpha value is -2.14. The largest absolute Gasteiger partial charge is 0.354 e. The van der Waals surface area contributed by atoms with Crippen molar-refractivity contribution < 1.29 is 4.39 Å². The van der Waals surface area contributed by atoms with Crippen LogP contribution in [0.4, 0.5) is 16.2 Å². The summed E-state index contributed by atoms with van der Waals surface area (Å²) in [7, 11) is 0. The Balaban J connectivity index is 2.09. The van der Waals surface area contributed by atoms with Gasteiger partial charge in [0.25, 0.3) is 0 Å². The second-order valence-electron chi connectivity index (χ2n) is 5.71. The normalized spacial score (nSPS) is 13.5. The van der Waals surface area contributed by atoms with Gasteiger partial charge in [-0.1, -0.05) is 17.7 Å². The summed E-state index contributed by atoms with van der Waals surface area (Å²) in [4.78, 5) is 11.4. The number of benzene rings is 1. The van der Waals surface area contributed by atoms with Gasteiger partial charge in [0, 0.05) is 25.2 Å². The average molecular weight is 347 g/mol. The summed E-state index contributed by atoms with van der Waals surface area (Å²) < 4.78 is 13.4. The zero-order valence-corrected chi connectivity index (χ0v) is 14.8. The minimum Gasteiger partial charge on any atom is -0.354 e. The molecule has 4 nitrogen and oxygen atoms in total. The highest BCUT2D eigenvalue weighted by atomic mass is 35.5. The molecule has 0 saturated heterocycles. The number of nitrogens with one attached hydrogen (secondary N) is 1. The maximum absolute atomic E-state index is 13.4. The van der Waals surface area contributed by atoms with Crippen LogP contribution in [0.3, 0.4) is 0 Å². The van der Waals surface area contributed by atoms with Crippen LogP contribution >= 0.6 is 11.6 Å². The lowest BCUT2D eigenvalue weighted by atomic mass is 9.98. The molecule has 1 N–H and O–H groups in total. The molecule has 0 spiro atoms. The quantitative estimate of drug-likeness (QED) is 0.891. The SMILES string of the molecule is CCNc1nc(C)c2c(n1)N(CC)CC(c1ccc(F)c(Cl)c1)=C2. The Morgan fingerprint density at radius 1 is 1.29 bits per heavy atom. The lowest BCUT2D eigenvalue weighted by Gasteiger charge is -2.30. The van der Waals surface area contributed by atoms with Crippen molar-refractivity contribution in [3.05, 3.63) is 45.9 Å². The first-order valence-corrected chi connectivity index (χ1v) is 8.44. The topological polar surface area (TPSA) is 41.1 Å². The molecule has 0 fully saturated rings. The number of hydrogen-bond donors (Lipinski definition) is 1. The minimum absolute atomic E-state index is 0.137. The van der Waals surface area contributed by atoms with Crippen molar-refractivity contribution in [2.45, 2.75) is 20.8 Å². The van der Waals surface area contributed by atoms with Crippen LogP contribution in [-0.4, -0.2) is 29.6 Å². The third kappa shape index (κ3) is 3.08. The highest BCUT2D eigenvalue weighted by Crippen LogP contribution is 2.34. The molecule has 126 valence electrons. The molecular weight excluding hydrogens is 327 g/mol. The van der Waals surface area contributed by atoms with E-state index in [1.165, 1.54) is 6.07 Å². The average Bonchev–Trinajstić information content (AvgIpc) is 2.57. The number of hydrogen-bond acceptors (Lipinski definition) is 4. The highest BCUT2D eigenvalue weighted by molar-refractivity contribution is 6.31. The summed E-state index contributed by atoms with van der Waals surface area (Å²) in [6, 6.07) is 4.84. The van der Waals surface area contributed by atoms with Gasteiger partial charge >= 0.3 is 0 Å². The molecule has 2 aromatic rings. The molecule has 0 aliphatic carbocycles. The number of nitrogens with zero attached hydrogens (tertiary/aromatic N) is 3. The van der Waals surface area contributed by atoms with E-state index in [0.29, 0.717) is 12.5 Å². The molecule has 1 aliphatic rings. The highest BCUT2D eigenvalue weighted by Gasteiger charge is 2.22. The zero-order chi connectivity index (χ0) is 17.3. The van der Waals surface area contributed by atoms with Crippen LogP contribution in [0, 0.1) is 12.7 Å². The van der Waals surface area contributed by atoms with Gasteiger partial charge in [0.1, 0.15) is 11.6 Å². The summed E-state index contributed by atoms with van der Waals surface area (Å²) in [5.74, 6) is 1.17. The molecule has 1 aromatic carbocycles. The molecule has 6 heteroatoms. The van der Waals surface area contributed by atoms with Gasteiger partial charge < -0.3 is 10.2 Å². The number of likely N-dealkylation sites (N-methyl/N-ethyl adjacent to an activating group) is 1. The Kier molecular flexibility index (Phi) is 4.71. The molecule has 24 heavy (non-hydrogen) atoms. The monoisotopic (exact) mass is 346 g/mol. The van der Waals surface area contributed by atoms with Crippen LogP contribution in [-0.2, 0) is 0 Å². The molecular formula is C18H20ClFN4. The van der Waals surface area contributed by atoms with E-state index >= 15 is 0 Å². The van der Waals surface area contributed by atoms with Gasteiger partial charge in [-0.3, -0.25) is 0 Å². The van der Waals surface area contributed by atoms with Crippen LogP contribution in [0.5, 0.6) is 0 Å². The van der Waals surface area contributed by atoms with Gasteiger partial charge in [-0.2, -0.15) is 4.98 Å². The van der Waals surface area contributed by atoms with Gasteiger partial charge in [-0.25, -0.2) is 9.37 Å². The lowest BCUT2D eigenvalue weighted by Crippen LogP contribution is -2.30. The minimum atomic E-state index is -0.403. The fourth-order valence-electron chi connectivity index (χ4n) is 2.85. The van der Waals surface area contributed by atoms with E-state index in [9.17, 15) is 4.39 Å². The maximum Gasteiger partial charge on any atom is 0.224 e. The van der Waals surface area contributed by atoms with E-state index in [-0.39, 0.29) is 5.02 Å². The second kappa shape index (κ2) is 6.77.